The van der Waals surface area contributed by atoms with Crippen LogP contribution in [0.5, 0.6) is 11.8 Å². The number of nitrogens with zero attached hydrogens (tertiary/aromatic N) is 4. The van der Waals surface area contributed by atoms with Gasteiger partial charge in [-0.3, -0.25) is 18.5 Å². The largest absolute Gasteiger partial charge is 0.425 e. The van der Waals surface area contributed by atoms with Gasteiger partial charge in [0.1, 0.15) is 5.75 Å². The molecule has 0 saturated heterocycles. The molecule has 8 nitrogen and oxygen atoms in total. The molecular weight excluding hydrogens is 408 g/mol. The fourth-order valence-electron chi connectivity index (χ4n) is 3.52. The predicted octanol–water partition coefficient (Wildman–Crippen LogP) is 2.10. The second-order valence-electron chi connectivity index (χ2n) is 7.29. The molecule has 0 radical (unpaired) electrons. The minimum atomic E-state index is -0.499. The van der Waals surface area contributed by atoms with Crippen molar-refractivity contribution < 1.29 is 9.84 Å². The van der Waals surface area contributed by atoms with E-state index in [0.29, 0.717) is 17.9 Å². The van der Waals surface area contributed by atoms with Crippen LogP contribution in [0.2, 0.25) is 0 Å². The first-order chi connectivity index (χ1) is 15.5. The van der Waals surface area contributed by atoms with Crippen LogP contribution in [-0.2, 0) is 20.1 Å². The van der Waals surface area contributed by atoms with E-state index < -0.39 is 11.2 Å². The summed E-state index contributed by atoms with van der Waals surface area (Å²) in [5.74, 6) is 3.03. The standard InChI is InChI=1S/C24H22N4O4/c1-3-17-11-7-12-19(15-17)32-23-25-21-20(28(23)16-18-9-5-4-6-10-18)22(30)27(13-8-14-29)24(31)26(21)2/h1,4-7,9-12,15,29H,8,13-14,16H2,2H3. The van der Waals surface area contributed by atoms with Crippen molar-refractivity contribution in [2.45, 2.75) is 19.5 Å². The van der Waals surface area contributed by atoms with Crippen molar-refractivity contribution in [3.63, 3.8) is 0 Å². The maximum atomic E-state index is 13.3. The summed E-state index contributed by atoms with van der Waals surface area (Å²) >= 11 is 0. The van der Waals surface area contributed by atoms with Gasteiger partial charge in [-0.15, -0.1) is 6.42 Å². The minimum absolute atomic E-state index is 0.106. The SMILES string of the molecule is C#Cc1cccc(Oc2nc3c(c(=O)n(CCCO)c(=O)n3C)n2Cc2ccccc2)c1. The first-order valence-corrected chi connectivity index (χ1v) is 10.1. The van der Waals surface area contributed by atoms with Gasteiger partial charge in [0.05, 0.1) is 6.54 Å². The Morgan fingerprint density at radius 2 is 1.88 bits per heavy atom. The van der Waals surface area contributed by atoms with Gasteiger partial charge < -0.3 is 9.84 Å². The van der Waals surface area contributed by atoms with Crippen LogP contribution >= 0.6 is 0 Å². The second-order valence-corrected chi connectivity index (χ2v) is 7.29. The maximum absolute atomic E-state index is 13.3. The lowest BCUT2D eigenvalue weighted by Crippen LogP contribution is -2.39. The summed E-state index contributed by atoms with van der Waals surface area (Å²) < 4.78 is 10.1. The second kappa shape index (κ2) is 8.96. The van der Waals surface area contributed by atoms with E-state index in [1.807, 2.05) is 30.3 Å². The van der Waals surface area contributed by atoms with Crippen LogP contribution in [-0.4, -0.2) is 30.4 Å². The third-order valence-corrected chi connectivity index (χ3v) is 5.13. The lowest BCUT2D eigenvalue weighted by Gasteiger charge is -2.11. The molecule has 0 aliphatic rings. The van der Waals surface area contributed by atoms with Crippen molar-refractivity contribution in [3.05, 3.63) is 86.6 Å². The molecule has 0 saturated carbocycles. The monoisotopic (exact) mass is 430 g/mol. The third kappa shape index (κ3) is 3.94. The van der Waals surface area contributed by atoms with Gasteiger partial charge >= 0.3 is 11.7 Å². The number of terminal acetylenes is 1. The molecule has 0 aliphatic heterocycles. The zero-order chi connectivity index (χ0) is 22.7. The van der Waals surface area contributed by atoms with Gasteiger partial charge in [-0.2, -0.15) is 4.98 Å². The van der Waals surface area contributed by atoms with Crippen molar-refractivity contribution in [1.29, 1.82) is 0 Å². The average Bonchev–Trinajstić information content (AvgIpc) is 3.16. The Hall–Kier alpha value is -4.09. The fraction of sp³-hybridized carbons (Fsp3) is 0.208. The molecule has 162 valence electrons. The van der Waals surface area contributed by atoms with E-state index in [2.05, 4.69) is 10.9 Å². The van der Waals surface area contributed by atoms with Crippen LogP contribution in [0.25, 0.3) is 11.2 Å². The van der Waals surface area contributed by atoms with Crippen molar-refractivity contribution in [1.82, 2.24) is 18.7 Å². The molecule has 2 aromatic heterocycles. The van der Waals surface area contributed by atoms with Gasteiger partial charge in [0.25, 0.3) is 5.56 Å². The molecule has 2 aromatic carbocycles. The first kappa shape index (κ1) is 21.2. The van der Waals surface area contributed by atoms with Crippen LogP contribution in [0.15, 0.2) is 64.2 Å². The van der Waals surface area contributed by atoms with E-state index in [0.717, 1.165) is 10.1 Å². The lowest BCUT2D eigenvalue weighted by atomic mass is 10.2. The summed E-state index contributed by atoms with van der Waals surface area (Å²) in [7, 11) is 1.56. The zero-order valence-electron chi connectivity index (χ0n) is 17.6. The molecule has 0 amide bonds. The summed E-state index contributed by atoms with van der Waals surface area (Å²) in [6.07, 6.45) is 5.78. The van der Waals surface area contributed by atoms with Crippen LogP contribution in [0.4, 0.5) is 0 Å². The van der Waals surface area contributed by atoms with Crippen LogP contribution < -0.4 is 16.0 Å². The summed E-state index contributed by atoms with van der Waals surface area (Å²) in [5.41, 5.74) is 1.07. The molecular formula is C24H22N4O4. The number of hydrogen-bond acceptors (Lipinski definition) is 5. The molecule has 0 fully saturated rings. The molecule has 0 spiro atoms. The maximum Gasteiger partial charge on any atom is 0.332 e. The smallest absolute Gasteiger partial charge is 0.332 e. The van der Waals surface area contributed by atoms with Gasteiger partial charge in [0, 0.05) is 25.8 Å². The highest BCUT2D eigenvalue weighted by Gasteiger charge is 2.22. The van der Waals surface area contributed by atoms with Gasteiger partial charge in [0.15, 0.2) is 11.2 Å². The first-order valence-electron chi connectivity index (χ1n) is 10.1. The number of benzene rings is 2. The molecule has 0 atom stereocenters. The minimum Gasteiger partial charge on any atom is -0.425 e. The third-order valence-electron chi connectivity index (χ3n) is 5.13. The van der Waals surface area contributed by atoms with Gasteiger partial charge in [0.2, 0.25) is 0 Å². The van der Waals surface area contributed by atoms with Gasteiger partial charge in [-0.25, -0.2) is 4.79 Å². The van der Waals surface area contributed by atoms with Crippen molar-refractivity contribution in [2.75, 3.05) is 6.61 Å². The number of aliphatic hydroxyl groups excluding tert-OH is 1. The highest BCUT2D eigenvalue weighted by molar-refractivity contribution is 5.72. The molecule has 4 aromatic rings. The summed E-state index contributed by atoms with van der Waals surface area (Å²) in [5, 5.41) is 9.18. The quantitative estimate of drug-likeness (QED) is 0.454. The predicted molar refractivity (Wildman–Crippen MR) is 121 cm³/mol. The van der Waals surface area contributed by atoms with Gasteiger partial charge in [-0.1, -0.05) is 42.3 Å². The van der Waals surface area contributed by atoms with Crippen LogP contribution in [0.1, 0.15) is 17.5 Å². The topological polar surface area (TPSA) is 91.3 Å². The number of imidazole rings is 1. The van der Waals surface area contributed by atoms with E-state index in [9.17, 15) is 14.7 Å². The number of rotatable bonds is 7. The van der Waals surface area contributed by atoms with Crippen LogP contribution in [0.3, 0.4) is 0 Å². The Morgan fingerprint density at radius 3 is 2.59 bits per heavy atom. The number of ether oxygens (including phenoxy) is 1. The van der Waals surface area contributed by atoms with Crippen LogP contribution in [0, 0.1) is 12.3 Å². The molecule has 0 aliphatic carbocycles. The summed E-state index contributed by atoms with van der Waals surface area (Å²) in [4.78, 5) is 30.6. The Balaban J connectivity index is 1.94. The Bertz CT molecular complexity index is 1420. The Morgan fingerprint density at radius 1 is 1.09 bits per heavy atom. The number of hydrogen-bond donors (Lipinski definition) is 1. The number of aromatic nitrogens is 4. The number of fused-ring (bicyclic) bond motifs is 1. The number of aliphatic hydroxyl groups is 1. The summed E-state index contributed by atoms with van der Waals surface area (Å²) in [6, 6.07) is 16.7. The highest BCUT2D eigenvalue weighted by Crippen LogP contribution is 2.25. The van der Waals surface area contributed by atoms with Crippen molar-refractivity contribution in [3.8, 4) is 24.1 Å². The average molecular weight is 430 g/mol. The Labute approximate surface area is 184 Å². The van der Waals surface area contributed by atoms with E-state index >= 15 is 0 Å². The molecule has 0 unspecified atom stereocenters. The lowest BCUT2D eigenvalue weighted by molar-refractivity contribution is 0.277. The molecule has 8 heteroatoms. The van der Waals surface area contributed by atoms with E-state index in [4.69, 9.17) is 11.2 Å². The van der Waals surface area contributed by atoms with E-state index in [1.54, 1.807) is 35.9 Å². The molecule has 4 rings (SSSR count). The Kier molecular flexibility index (Phi) is 5.92. The zero-order valence-corrected chi connectivity index (χ0v) is 17.6. The normalized spacial score (nSPS) is 10.9. The molecule has 0 bridgehead atoms. The molecule has 2 heterocycles. The van der Waals surface area contributed by atoms with Crippen molar-refractivity contribution in [2.24, 2.45) is 7.05 Å². The highest BCUT2D eigenvalue weighted by atomic mass is 16.5. The fourth-order valence-corrected chi connectivity index (χ4v) is 3.52. The number of aryl methyl sites for hydroxylation is 1. The van der Waals surface area contributed by atoms with Crippen molar-refractivity contribution >= 4 is 11.2 Å². The van der Waals surface area contributed by atoms with Gasteiger partial charge in [-0.05, 0) is 30.2 Å². The summed E-state index contributed by atoms with van der Waals surface area (Å²) in [6.45, 7) is 0.292. The molecule has 1 N–H and O–H groups in total. The van der Waals surface area contributed by atoms with E-state index in [-0.39, 0.29) is 36.7 Å². The van der Waals surface area contributed by atoms with E-state index in [1.165, 1.54) is 4.57 Å². The molecule has 32 heavy (non-hydrogen) atoms.